The molecule has 0 spiro atoms. The highest BCUT2D eigenvalue weighted by molar-refractivity contribution is 5.90. The molecule has 0 bridgehead atoms. The maximum absolute atomic E-state index is 13.7. The van der Waals surface area contributed by atoms with Crippen molar-refractivity contribution in [1.82, 2.24) is 0 Å². The molecule has 288 valence electrons. The molecule has 0 N–H and O–H groups in total. The standard InChI is InChI=1S/C45H72O6/c1-40(2,3)34(46)22-31(23-35(47)41(4,5)6)28-19-29(32(24-36(48)42(7,8)9)25-37(49)43(10,11)12)21-30(20-28)33(26-38(50)44(13,14)15)27-39(51)45(16,17)18/h19-21,31-33H,22-27H2,1-18H3. The quantitative estimate of drug-likeness (QED) is 0.180. The van der Waals surface area contributed by atoms with Crippen molar-refractivity contribution in [2.24, 2.45) is 32.5 Å². The molecule has 0 saturated carbocycles. The van der Waals surface area contributed by atoms with Gasteiger partial charge < -0.3 is 0 Å². The normalized spacial score (nSPS) is 13.6. The van der Waals surface area contributed by atoms with E-state index in [-0.39, 0.29) is 73.2 Å². The van der Waals surface area contributed by atoms with Gasteiger partial charge in [-0.25, -0.2) is 0 Å². The van der Waals surface area contributed by atoms with Crippen LogP contribution in [0.1, 0.15) is 198 Å². The van der Waals surface area contributed by atoms with Gasteiger partial charge in [-0.1, -0.05) is 143 Å². The third-order valence-electron chi connectivity index (χ3n) is 10.0. The van der Waals surface area contributed by atoms with Crippen LogP contribution in [0.3, 0.4) is 0 Å². The molecule has 0 radical (unpaired) electrons. The summed E-state index contributed by atoms with van der Waals surface area (Å²) in [5.41, 5.74) is -1.54. The van der Waals surface area contributed by atoms with E-state index < -0.39 is 50.2 Å². The fourth-order valence-electron chi connectivity index (χ4n) is 5.51. The van der Waals surface area contributed by atoms with Crippen LogP contribution in [0.15, 0.2) is 18.2 Å². The molecule has 1 aromatic rings. The molecule has 0 aliphatic carbocycles. The second kappa shape index (κ2) is 16.5. The van der Waals surface area contributed by atoms with E-state index in [1.54, 1.807) is 0 Å². The molecule has 0 saturated heterocycles. The van der Waals surface area contributed by atoms with Gasteiger partial charge in [0.15, 0.2) is 0 Å². The minimum Gasteiger partial charge on any atom is -0.299 e. The summed E-state index contributed by atoms with van der Waals surface area (Å²) in [6.45, 7) is 33.7. The summed E-state index contributed by atoms with van der Waals surface area (Å²) < 4.78 is 0. The fourth-order valence-corrected chi connectivity index (χ4v) is 5.51. The topological polar surface area (TPSA) is 102 Å². The lowest BCUT2D eigenvalue weighted by atomic mass is 9.73. The molecule has 0 unspecified atom stereocenters. The average molecular weight is 709 g/mol. The minimum absolute atomic E-state index is 0.0194. The number of Topliss-reactive ketones (excluding diaryl/α,β-unsaturated/α-hetero) is 6. The molecule has 51 heavy (non-hydrogen) atoms. The number of rotatable bonds is 15. The maximum Gasteiger partial charge on any atom is 0.138 e. The van der Waals surface area contributed by atoms with Crippen LogP contribution in [0.25, 0.3) is 0 Å². The lowest BCUT2D eigenvalue weighted by molar-refractivity contribution is -0.129. The van der Waals surface area contributed by atoms with Gasteiger partial charge in [0.05, 0.1) is 0 Å². The largest absolute Gasteiger partial charge is 0.299 e. The zero-order valence-corrected chi connectivity index (χ0v) is 35.7. The van der Waals surface area contributed by atoms with Gasteiger partial charge in [-0.05, 0) is 34.4 Å². The lowest BCUT2D eigenvalue weighted by Gasteiger charge is -2.30. The first-order valence-electron chi connectivity index (χ1n) is 18.9. The summed E-state index contributed by atoms with van der Waals surface area (Å²) in [5.74, 6) is -1.31. The first-order valence-corrected chi connectivity index (χ1v) is 18.9. The van der Waals surface area contributed by atoms with Crippen LogP contribution in [0.2, 0.25) is 0 Å². The van der Waals surface area contributed by atoms with E-state index >= 15 is 0 Å². The molecule has 0 amide bonds. The Morgan fingerprint density at radius 2 is 0.431 bits per heavy atom. The van der Waals surface area contributed by atoms with Gasteiger partial charge in [0.2, 0.25) is 0 Å². The maximum atomic E-state index is 13.7. The van der Waals surface area contributed by atoms with Crippen LogP contribution in [-0.4, -0.2) is 34.7 Å². The molecule has 0 heterocycles. The third-order valence-corrected chi connectivity index (χ3v) is 10.0. The molecular formula is C45H72O6. The predicted molar refractivity (Wildman–Crippen MR) is 209 cm³/mol. The summed E-state index contributed by atoms with van der Waals surface area (Å²) in [7, 11) is 0. The number of carbonyl (C=O) groups excluding carboxylic acids is 6. The van der Waals surface area contributed by atoms with E-state index in [2.05, 4.69) is 0 Å². The van der Waals surface area contributed by atoms with E-state index in [1.807, 2.05) is 143 Å². The zero-order chi connectivity index (χ0) is 40.3. The van der Waals surface area contributed by atoms with Gasteiger partial charge in [0.1, 0.15) is 34.7 Å². The predicted octanol–water partition coefficient (Wildman–Crippen LogP) is 11.0. The highest BCUT2D eigenvalue weighted by Gasteiger charge is 2.36. The summed E-state index contributed by atoms with van der Waals surface area (Å²) in [4.78, 5) is 81.9. The minimum atomic E-state index is -0.634. The Hall–Kier alpha value is -2.76. The molecule has 0 aromatic heterocycles. The second-order valence-corrected chi connectivity index (χ2v) is 21.3. The molecule has 0 aliphatic rings. The summed E-state index contributed by atoms with van der Waals surface area (Å²) in [6.07, 6.45) is 0.793. The Bertz CT molecular complexity index is 1180. The first kappa shape index (κ1) is 46.3. The molecule has 0 atom stereocenters. The SMILES string of the molecule is CC(C)(C)C(=O)CC(CC(=O)C(C)(C)C)c1cc(C(CC(=O)C(C)(C)C)CC(=O)C(C)(C)C)cc(C(CC(=O)C(C)(C)C)CC(=O)C(C)(C)C)c1. The molecular weight excluding hydrogens is 636 g/mol. The summed E-state index contributed by atoms with van der Waals surface area (Å²) in [6, 6.07) is 5.93. The van der Waals surface area contributed by atoms with Crippen LogP contribution in [0.5, 0.6) is 0 Å². The van der Waals surface area contributed by atoms with Crippen LogP contribution in [-0.2, 0) is 28.8 Å². The Morgan fingerprint density at radius 1 is 0.314 bits per heavy atom. The number of hydrogen-bond donors (Lipinski definition) is 0. The first-order chi connectivity index (χ1) is 22.5. The van der Waals surface area contributed by atoms with Crippen LogP contribution < -0.4 is 0 Å². The van der Waals surface area contributed by atoms with Crippen LogP contribution >= 0.6 is 0 Å². The van der Waals surface area contributed by atoms with E-state index in [1.165, 1.54) is 0 Å². The fraction of sp³-hybridized carbons (Fsp3) is 0.733. The molecule has 0 fully saturated rings. The zero-order valence-electron chi connectivity index (χ0n) is 35.7. The van der Waals surface area contributed by atoms with Crippen molar-refractivity contribution >= 4 is 34.7 Å². The van der Waals surface area contributed by atoms with E-state index in [0.717, 1.165) is 16.7 Å². The Balaban J connectivity index is 4.32. The van der Waals surface area contributed by atoms with Crippen molar-refractivity contribution in [2.45, 2.75) is 181 Å². The van der Waals surface area contributed by atoms with Crippen molar-refractivity contribution in [2.75, 3.05) is 0 Å². The van der Waals surface area contributed by atoms with Gasteiger partial charge in [0.25, 0.3) is 0 Å². The highest BCUT2D eigenvalue weighted by Crippen LogP contribution is 2.41. The van der Waals surface area contributed by atoms with Crippen LogP contribution in [0.4, 0.5) is 0 Å². The van der Waals surface area contributed by atoms with Crippen molar-refractivity contribution in [3.63, 3.8) is 0 Å². The summed E-state index contributed by atoms with van der Waals surface area (Å²) in [5, 5.41) is 0. The molecule has 6 nitrogen and oxygen atoms in total. The van der Waals surface area contributed by atoms with Gasteiger partial charge in [0, 0.05) is 71.0 Å². The molecule has 1 aromatic carbocycles. The van der Waals surface area contributed by atoms with Crippen molar-refractivity contribution < 1.29 is 28.8 Å². The number of hydrogen-bond acceptors (Lipinski definition) is 6. The van der Waals surface area contributed by atoms with Crippen LogP contribution in [0, 0.1) is 32.5 Å². The Kier molecular flexibility index (Phi) is 15.0. The van der Waals surface area contributed by atoms with Crippen molar-refractivity contribution in [3.05, 3.63) is 34.9 Å². The molecule has 6 heteroatoms. The lowest BCUT2D eigenvalue weighted by Crippen LogP contribution is -2.28. The number of ketones is 6. The Morgan fingerprint density at radius 3 is 0.529 bits per heavy atom. The molecule has 1 rings (SSSR count). The van der Waals surface area contributed by atoms with E-state index in [9.17, 15) is 28.8 Å². The Labute approximate surface area is 311 Å². The van der Waals surface area contributed by atoms with Crippen molar-refractivity contribution in [1.29, 1.82) is 0 Å². The van der Waals surface area contributed by atoms with Gasteiger partial charge >= 0.3 is 0 Å². The highest BCUT2D eigenvalue weighted by atomic mass is 16.1. The van der Waals surface area contributed by atoms with Gasteiger partial charge in [-0.3, -0.25) is 28.8 Å². The summed E-state index contributed by atoms with van der Waals surface area (Å²) >= 11 is 0. The second-order valence-electron chi connectivity index (χ2n) is 21.3. The van der Waals surface area contributed by atoms with Gasteiger partial charge in [-0.2, -0.15) is 0 Å². The van der Waals surface area contributed by atoms with E-state index in [0.29, 0.717) is 0 Å². The molecule has 0 aliphatic heterocycles. The monoisotopic (exact) mass is 709 g/mol. The van der Waals surface area contributed by atoms with Crippen molar-refractivity contribution in [3.8, 4) is 0 Å². The third kappa shape index (κ3) is 14.6. The smallest absolute Gasteiger partial charge is 0.138 e. The number of benzene rings is 1. The van der Waals surface area contributed by atoms with E-state index in [4.69, 9.17) is 0 Å². The van der Waals surface area contributed by atoms with Gasteiger partial charge in [-0.15, -0.1) is 0 Å². The average Bonchev–Trinajstić information content (AvgIpc) is 2.92. The number of carbonyl (C=O) groups is 6.